The van der Waals surface area contributed by atoms with Crippen molar-refractivity contribution in [3.63, 3.8) is 0 Å². The van der Waals surface area contributed by atoms with E-state index in [4.69, 9.17) is 10.6 Å². The molecule has 1 saturated heterocycles. The number of hydrogen-bond acceptors (Lipinski definition) is 4. The molecule has 1 aliphatic heterocycles. The first-order valence-electron chi connectivity index (χ1n) is 7.18. The topological polar surface area (TPSA) is 84.7 Å². The summed E-state index contributed by atoms with van der Waals surface area (Å²) in [5.41, 5.74) is 2.79. The van der Waals surface area contributed by atoms with Gasteiger partial charge in [-0.15, -0.1) is 0 Å². The predicted octanol–water partition coefficient (Wildman–Crippen LogP) is 0.927. The van der Waals surface area contributed by atoms with Crippen LogP contribution in [0.2, 0.25) is 0 Å². The number of amides is 2. The molecule has 1 aliphatic rings. The second kappa shape index (κ2) is 7.08. The van der Waals surface area contributed by atoms with Crippen molar-refractivity contribution in [3.05, 3.63) is 29.8 Å². The van der Waals surface area contributed by atoms with Gasteiger partial charge in [0.15, 0.2) is 0 Å². The largest absolute Gasteiger partial charge is 0.494 e. The minimum atomic E-state index is -0.152. The fourth-order valence-corrected chi connectivity index (χ4v) is 2.53. The van der Waals surface area contributed by atoms with Gasteiger partial charge in [0.2, 0.25) is 5.91 Å². The van der Waals surface area contributed by atoms with Crippen LogP contribution in [0.15, 0.2) is 24.3 Å². The first kappa shape index (κ1) is 15.3. The van der Waals surface area contributed by atoms with E-state index in [1.807, 2.05) is 19.1 Å². The number of carbonyl (C=O) groups excluding carboxylic acids is 2. The van der Waals surface area contributed by atoms with Gasteiger partial charge < -0.3 is 9.64 Å². The zero-order valence-corrected chi connectivity index (χ0v) is 12.2. The van der Waals surface area contributed by atoms with Crippen molar-refractivity contribution in [2.45, 2.75) is 19.8 Å². The normalized spacial score (nSPS) is 15.6. The van der Waals surface area contributed by atoms with Gasteiger partial charge in [-0.2, -0.15) is 0 Å². The third kappa shape index (κ3) is 3.72. The molecule has 0 radical (unpaired) electrons. The number of nitrogens with one attached hydrogen (secondary N) is 1. The number of benzene rings is 1. The Morgan fingerprint density at radius 2 is 2.10 bits per heavy atom. The number of hydrogen-bond donors (Lipinski definition) is 2. The highest BCUT2D eigenvalue weighted by Crippen LogP contribution is 2.21. The first-order chi connectivity index (χ1) is 10.2. The maximum atomic E-state index is 12.4. The van der Waals surface area contributed by atoms with Gasteiger partial charge in [0.1, 0.15) is 5.75 Å². The fourth-order valence-electron chi connectivity index (χ4n) is 2.53. The van der Waals surface area contributed by atoms with Gasteiger partial charge in [-0.3, -0.25) is 15.0 Å². The van der Waals surface area contributed by atoms with Gasteiger partial charge in [-0.1, -0.05) is 6.07 Å². The average molecular weight is 291 g/mol. The van der Waals surface area contributed by atoms with Gasteiger partial charge in [0.05, 0.1) is 6.61 Å². The first-order valence-corrected chi connectivity index (χ1v) is 7.18. The van der Waals surface area contributed by atoms with Crippen LogP contribution in [0.25, 0.3) is 0 Å². The molecule has 1 aromatic carbocycles. The van der Waals surface area contributed by atoms with Crippen molar-refractivity contribution in [2.75, 3.05) is 19.7 Å². The summed E-state index contributed by atoms with van der Waals surface area (Å²) in [6.07, 6.45) is 1.28. The molecule has 6 nitrogen and oxygen atoms in total. The Morgan fingerprint density at radius 1 is 1.38 bits per heavy atom. The lowest BCUT2D eigenvalue weighted by atomic mass is 9.95. The molecule has 0 aromatic heterocycles. The number of nitrogens with two attached hydrogens (primary N) is 1. The molecule has 6 heteroatoms. The Labute approximate surface area is 124 Å². The second-order valence-electron chi connectivity index (χ2n) is 5.04. The number of carbonyl (C=O) groups is 2. The van der Waals surface area contributed by atoms with E-state index in [2.05, 4.69) is 5.43 Å². The average Bonchev–Trinajstić information content (AvgIpc) is 2.54. The number of nitrogens with zero attached hydrogens (tertiary/aromatic N) is 1. The van der Waals surface area contributed by atoms with E-state index in [0.717, 1.165) is 0 Å². The molecule has 0 atom stereocenters. The molecule has 2 amide bonds. The molecule has 0 bridgehead atoms. The highest BCUT2D eigenvalue weighted by Gasteiger charge is 2.27. The van der Waals surface area contributed by atoms with Gasteiger partial charge >= 0.3 is 0 Å². The number of hydrazine groups is 1. The molecule has 1 aromatic rings. The van der Waals surface area contributed by atoms with Crippen LogP contribution < -0.4 is 16.0 Å². The third-order valence-electron chi connectivity index (χ3n) is 3.69. The van der Waals surface area contributed by atoms with Crippen molar-refractivity contribution in [1.82, 2.24) is 10.3 Å². The molecular formula is C15H21N3O3. The van der Waals surface area contributed by atoms with Gasteiger partial charge in [0.25, 0.3) is 5.91 Å². The van der Waals surface area contributed by atoms with Crippen LogP contribution in [0.3, 0.4) is 0 Å². The van der Waals surface area contributed by atoms with Gasteiger partial charge in [-0.25, -0.2) is 5.84 Å². The summed E-state index contributed by atoms with van der Waals surface area (Å²) in [4.78, 5) is 25.7. The Hall–Kier alpha value is -2.08. The van der Waals surface area contributed by atoms with Crippen LogP contribution in [0.4, 0.5) is 0 Å². The third-order valence-corrected chi connectivity index (χ3v) is 3.69. The molecule has 0 aliphatic carbocycles. The number of rotatable bonds is 4. The van der Waals surface area contributed by atoms with E-state index in [1.165, 1.54) is 0 Å². The van der Waals surface area contributed by atoms with Crippen molar-refractivity contribution in [3.8, 4) is 5.75 Å². The highest BCUT2D eigenvalue weighted by molar-refractivity contribution is 5.94. The summed E-state index contributed by atoms with van der Waals surface area (Å²) < 4.78 is 5.41. The number of ether oxygens (including phenoxy) is 1. The minimum absolute atomic E-state index is 0.0249. The van der Waals surface area contributed by atoms with Crippen molar-refractivity contribution >= 4 is 11.8 Å². The zero-order chi connectivity index (χ0) is 15.2. The lowest BCUT2D eigenvalue weighted by molar-refractivity contribution is -0.126. The summed E-state index contributed by atoms with van der Waals surface area (Å²) in [6, 6.07) is 7.18. The van der Waals surface area contributed by atoms with E-state index in [-0.39, 0.29) is 17.7 Å². The molecule has 1 fully saturated rings. The Kier molecular flexibility index (Phi) is 5.16. The summed E-state index contributed by atoms with van der Waals surface area (Å²) in [7, 11) is 0. The quantitative estimate of drug-likeness (QED) is 0.491. The molecule has 2 rings (SSSR count). The lowest BCUT2D eigenvalue weighted by Gasteiger charge is -2.31. The van der Waals surface area contributed by atoms with E-state index in [1.54, 1.807) is 17.0 Å². The Morgan fingerprint density at radius 3 is 2.71 bits per heavy atom. The van der Waals surface area contributed by atoms with Crippen LogP contribution in [0, 0.1) is 5.92 Å². The minimum Gasteiger partial charge on any atom is -0.494 e. The molecule has 0 unspecified atom stereocenters. The maximum absolute atomic E-state index is 12.4. The Balaban J connectivity index is 1.98. The van der Waals surface area contributed by atoms with Crippen LogP contribution in [-0.4, -0.2) is 36.4 Å². The molecule has 114 valence electrons. The van der Waals surface area contributed by atoms with Crippen molar-refractivity contribution in [1.29, 1.82) is 0 Å². The van der Waals surface area contributed by atoms with Crippen LogP contribution in [0.5, 0.6) is 5.75 Å². The summed E-state index contributed by atoms with van der Waals surface area (Å²) >= 11 is 0. The molecule has 0 saturated carbocycles. The summed E-state index contributed by atoms with van der Waals surface area (Å²) in [6.45, 7) is 3.60. The molecule has 3 N–H and O–H groups in total. The molecular weight excluding hydrogens is 270 g/mol. The molecule has 21 heavy (non-hydrogen) atoms. The number of piperidine rings is 1. The van der Waals surface area contributed by atoms with Crippen LogP contribution in [0.1, 0.15) is 30.1 Å². The van der Waals surface area contributed by atoms with E-state index >= 15 is 0 Å². The Bertz CT molecular complexity index is 511. The standard InChI is InChI=1S/C15H21N3O3/c1-2-21-13-5-3-4-12(10-13)15(20)18-8-6-11(7-9-18)14(19)17-16/h3-5,10-11H,2,6-9,16H2,1H3,(H,17,19). The van der Waals surface area contributed by atoms with Gasteiger partial charge in [0, 0.05) is 24.6 Å². The summed E-state index contributed by atoms with van der Waals surface area (Å²) in [5.74, 6) is 5.55. The molecule has 0 spiro atoms. The van der Waals surface area contributed by atoms with E-state index in [9.17, 15) is 9.59 Å². The highest BCUT2D eigenvalue weighted by atomic mass is 16.5. The van der Waals surface area contributed by atoms with E-state index < -0.39 is 0 Å². The number of likely N-dealkylation sites (tertiary alicyclic amines) is 1. The monoisotopic (exact) mass is 291 g/mol. The smallest absolute Gasteiger partial charge is 0.253 e. The second-order valence-corrected chi connectivity index (χ2v) is 5.04. The zero-order valence-electron chi connectivity index (χ0n) is 12.2. The van der Waals surface area contributed by atoms with Gasteiger partial charge in [-0.05, 0) is 38.0 Å². The predicted molar refractivity (Wildman–Crippen MR) is 78.6 cm³/mol. The van der Waals surface area contributed by atoms with E-state index in [0.29, 0.717) is 43.9 Å². The fraction of sp³-hybridized carbons (Fsp3) is 0.467. The maximum Gasteiger partial charge on any atom is 0.253 e. The van der Waals surface area contributed by atoms with Crippen molar-refractivity contribution in [2.24, 2.45) is 11.8 Å². The van der Waals surface area contributed by atoms with Crippen LogP contribution in [-0.2, 0) is 4.79 Å². The van der Waals surface area contributed by atoms with Crippen molar-refractivity contribution < 1.29 is 14.3 Å². The lowest BCUT2D eigenvalue weighted by Crippen LogP contribution is -2.44. The van der Waals surface area contributed by atoms with Crippen LogP contribution >= 0.6 is 0 Å². The summed E-state index contributed by atoms with van der Waals surface area (Å²) in [5, 5.41) is 0. The molecule has 1 heterocycles. The SMILES string of the molecule is CCOc1cccc(C(=O)N2CCC(C(=O)NN)CC2)c1.